The number of aliphatic carboxylic acids is 1. The molecular formula is C13H13BrFNO3. The Morgan fingerprint density at radius 2 is 2.11 bits per heavy atom. The lowest BCUT2D eigenvalue weighted by Crippen LogP contribution is -2.33. The third-order valence-corrected chi connectivity index (χ3v) is 3.95. The van der Waals surface area contributed by atoms with Crippen LogP contribution in [0.1, 0.15) is 29.6 Å². The number of carbonyl (C=O) groups is 2. The average molecular weight is 330 g/mol. The summed E-state index contributed by atoms with van der Waals surface area (Å²) in [5.74, 6) is -1.94. The molecule has 1 fully saturated rings. The lowest BCUT2D eigenvalue weighted by atomic mass is 10.1. The largest absolute Gasteiger partial charge is 0.481 e. The maximum atomic E-state index is 12.9. The minimum absolute atomic E-state index is 0.134. The molecule has 1 saturated carbocycles. The van der Waals surface area contributed by atoms with Gasteiger partial charge >= 0.3 is 5.97 Å². The molecule has 1 aliphatic carbocycles. The van der Waals surface area contributed by atoms with Crippen molar-refractivity contribution in [3.63, 3.8) is 0 Å². The van der Waals surface area contributed by atoms with Gasteiger partial charge in [0.25, 0.3) is 5.91 Å². The molecule has 2 rings (SSSR count). The molecule has 2 N–H and O–H groups in total. The Morgan fingerprint density at radius 3 is 2.68 bits per heavy atom. The van der Waals surface area contributed by atoms with Crippen molar-refractivity contribution in [2.45, 2.75) is 25.3 Å². The highest BCUT2D eigenvalue weighted by Crippen LogP contribution is 2.26. The van der Waals surface area contributed by atoms with Crippen molar-refractivity contribution in [3.05, 3.63) is 34.1 Å². The molecule has 102 valence electrons. The van der Waals surface area contributed by atoms with Gasteiger partial charge in [-0.2, -0.15) is 0 Å². The standard InChI is InChI=1S/C13H13BrFNO3/c14-11-6-8(15)2-4-10(11)12(17)16-9-3-1-7(5-9)13(18)19/h2,4,6-7,9H,1,3,5H2,(H,16,17)(H,18,19). The van der Waals surface area contributed by atoms with Crippen molar-refractivity contribution in [2.75, 3.05) is 0 Å². The van der Waals surface area contributed by atoms with Gasteiger partial charge in [0.15, 0.2) is 0 Å². The first-order valence-corrected chi connectivity index (χ1v) is 6.75. The molecule has 0 bridgehead atoms. The molecule has 0 heterocycles. The molecule has 1 amide bonds. The Balaban J connectivity index is 2.00. The van der Waals surface area contributed by atoms with Gasteiger partial charge in [0.2, 0.25) is 0 Å². The van der Waals surface area contributed by atoms with Crippen LogP contribution in [0, 0.1) is 11.7 Å². The first kappa shape index (κ1) is 14.0. The van der Waals surface area contributed by atoms with Crippen LogP contribution in [-0.2, 0) is 4.79 Å². The molecule has 6 heteroatoms. The number of amides is 1. The molecule has 4 nitrogen and oxygen atoms in total. The van der Waals surface area contributed by atoms with E-state index in [4.69, 9.17) is 5.11 Å². The van der Waals surface area contributed by atoms with Crippen LogP contribution >= 0.6 is 15.9 Å². The minimum atomic E-state index is -0.820. The van der Waals surface area contributed by atoms with E-state index in [1.54, 1.807) is 0 Å². The van der Waals surface area contributed by atoms with E-state index in [-0.39, 0.29) is 17.9 Å². The fourth-order valence-corrected chi connectivity index (χ4v) is 2.80. The fourth-order valence-electron chi connectivity index (χ4n) is 2.27. The van der Waals surface area contributed by atoms with Gasteiger partial charge in [-0.05, 0) is 53.4 Å². The van der Waals surface area contributed by atoms with E-state index in [1.165, 1.54) is 18.2 Å². The second-order valence-electron chi connectivity index (χ2n) is 4.64. The van der Waals surface area contributed by atoms with E-state index in [2.05, 4.69) is 21.2 Å². The van der Waals surface area contributed by atoms with Crippen LogP contribution in [0.4, 0.5) is 4.39 Å². The molecule has 0 aliphatic heterocycles. The zero-order chi connectivity index (χ0) is 14.0. The van der Waals surface area contributed by atoms with Crippen LogP contribution in [0.5, 0.6) is 0 Å². The predicted octanol–water partition coefficient (Wildman–Crippen LogP) is 2.57. The quantitative estimate of drug-likeness (QED) is 0.895. The van der Waals surface area contributed by atoms with E-state index < -0.39 is 11.8 Å². The number of halogens is 2. The van der Waals surface area contributed by atoms with Crippen LogP contribution in [0.3, 0.4) is 0 Å². The molecule has 19 heavy (non-hydrogen) atoms. The topological polar surface area (TPSA) is 66.4 Å². The number of benzene rings is 1. The number of carbonyl (C=O) groups excluding carboxylic acids is 1. The Morgan fingerprint density at radius 1 is 1.37 bits per heavy atom. The van der Waals surface area contributed by atoms with Crippen LogP contribution in [-0.4, -0.2) is 23.0 Å². The summed E-state index contributed by atoms with van der Waals surface area (Å²) in [5, 5.41) is 11.7. The highest BCUT2D eigenvalue weighted by molar-refractivity contribution is 9.10. The number of nitrogens with one attached hydrogen (secondary N) is 1. The van der Waals surface area contributed by atoms with Gasteiger partial charge in [-0.1, -0.05) is 0 Å². The van der Waals surface area contributed by atoms with Gasteiger partial charge in [-0.3, -0.25) is 9.59 Å². The summed E-state index contributed by atoms with van der Waals surface area (Å²) in [5.41, 5.74) is 0.347. The number of carboxylic acids is 1. The van der Waals surface area contributed by atoms with Crippen molar-refractivity contribution in [3.8, 4) is 0 Å². The normalized spacial score (nSPS) is 22.2. The van der Waals surface area contributed by atoms with Crippen molar-refractivity contribution in [2.24, 2.45) is 5.92 Å². The molecule has 0 radical (unpaired) electrons. The summed E-state index contributed by atoms with van der Waals surface area (Å²) in [7, 11) is 0. The monoisotopic (exact) mass is 329 g/mol. The second-order valence-corrected chi connectivity index (χ2v) is 5.50. The third-order valence-electron chi connectivity index (χ3n) is 3.29. The van der Waals surface area contributed by atoms with Gasteiger partial charge in [0, 0.05) is 10.5 Å². The minimum Gasteiger partial charge on any atom is -0.481 e. The fraction of sp³-hybridized carbons (Fsp3) is 0.385. The smallest absolute Gasteiger partial charge is 0.306 e. The third kappa shape index (κ3) is 3.32. The number of hydrogen-bond donors (Lipinski definition) is 2. The summed E-state index contributed by atoms with van der Waals surface area (Å²) in [4.78, 5) is 22.8. The summed E-state index contributed by atoms with van der Waals surface area (Å²) in [6.07, 6.45) is 1.67. The SMILES string of the molecule is O=C(NC1CCC(C(=O)O)C1)c1ccc(F)cc1Br. The predicted molar refractivity (Wildman–Crippen MR) is 70.3 cm³/mol. The molecule has 1 aliphatic rings. The lowest BCUT2D eigenvalue weighted by molar-refractivity contribution is -0.141. The number of rotatable bonds is 3. The van der Waals surface area contributed by atoms with Crippen LogP contribution in [0.25, 0.3) is 0 Å². The van der Waals surface area contributed by atoms with Crippen molar-refractivity contribution in [1.82, 2.24) is 5.32 Å². The highest BCUT2D eigenvalue weighted by Gasteiger charge is 2.30. The molecule has 0 saturated heterocycles. The summed E-state index contributed by atoms with van der Waals surface area (Å²) < 4.78 is 13.3. The van der Waals surface area contributed by atoms with Crippen LogP contribution in [0.15, 0.2) is 22.7 Å². The summed E-state index contributed by atoms with van der Waals surface area (Å²) in [6, 6.07) is 3.71. The van der Waals surface area contributed by atoms with E-state index in [0.717, 1.165) is 0 Å². The number of hydrogen-bond acceptors (Lipinski definition) is 2. The van der Waals surface area contributed by atoms with E-state index >= 15 is 0 Å². The Kier molecular flexibility index (Phi) is 4.19. The maximum Gasteiger partial charge on any atom is 0.306 e. The molecule has 0 aromatic heterocycles. The van der Waals surface area contributed by atoms with Gasteiger partial charge in [-0.15, -0.1) is 0 Å². The van der Waals surface area contributed by atoms with E-state index in [0.29, 0.717) is 29.3 Å². The zero-order valence-corrected chi connectivity index (χ0v) is 11.6. The summed E-state index contributed by atoms with van der Waals surface area (Å²) >= 11 is 3.14. The molecule has 0 spiro atoms. The van der Waals surface area contributed by atoms with Crippen LogP contribution < -0.4 is 5.32 Å². The van der Waals surface area contributed by atoms with Crippen molar-refractivity contribution < 1.29 is 19.1 Å². The lowest BCUT2D eigenvalue weighted by Gasteiger charge is -2.13. The first-order valence-electron chi connectivity index (χ1n) is 5.96. The van der Waals surface area contributed by atoms with Gasteiger partial charge < -0.3 is 10.4 Å². The first-order chi connectivity index (χ1) is 8.97. The number of carboxylic acid groups (broad SMARTS) is 1. The van der Waals surface area contributed by atoms with Gasteiger partial charge in [0.1, 0.15) is 5.82 Å². The van der Waals surface area contributed by atoms with Gasteiger partial charge in [0.05, 0.1) is 11.5 Å². The molecule has 1 aromatic rings. The molecule has 2 atom stereocenters. The average Bonchev–Trinajstić information content (AvgIpc) is 2.77. The Bertz CT molecular complexity index is 521. The maximum absolute atomic E-state index is 12.9. The second kappa shape index (κ2) is 5.69. The van der Waals surface area contributed by atoms with E-state index in [1.807, 2.05) is 0 Å². The van der Waals surface area contributed by atoms with Gasteiger partial charge in [-0.25, -0.2) is 4.39 Å². The molecular weight excluding hydrogens is 317 g/mol. The molecule has 2 unspecified atom stereocenters. The molecule has 1 aromatic carbocycles. The van der Waals surface area contributed by atoms with Crippen molar-refractivity contribution >= 4 is 27.8 Å². The zero-order valence-electron chi connectivity index (χ0n) is 10.0. The highest BCUT2D eigenvalue weighted by atomic mass is 79.9. The van der Waals surface area contributed by atoms with Crippen molar-refractivity contribution in [1.29, 1.82) is 0 Å². The Hall–Kier alpha value is -1.43. The summed E-state index contributed by atoms with van der Waals surface area (Å²) in [6.45, 7) is 0. The Labute approximate surface area is 118 Å². The van der Waals surface area contributed by atoms with E-state index in [9.17, 15) is 14.0 Å². The van der Waals surface area contributed by atoms with Crippen LogP contribution in [0.2, 0.25) is 0 Å².